The quantitative estimate of drug-likeness (QED) is 0.540. The van der Waals surface area contributed by atoms with Crippen molar-refractivity contribution in [3.05, 3.63) is 59.4 Å². The number of amides is 1. The van der Waals surface area contributed by atoms with Gasteiger partial charge in [0.2, 0.25) is 10.0 Å². The Kier molecular flexibility index (Phi) is 6.84. The molecule has 30 heavy (non-hydrogen) atoms. The standard InChI is InChI=1S/C21H24FN3O4S/c1-2-19(18-14-16(22)9-10-20(18)26)23-24-21(27)15-7-6-8-17(13-15)30(28,29)25-11-4-3-5-12-25/h6-10,13-14,26H,2-5,11-12H2,1H3,(H,24,27). The molecule has 0 saturated carbocycles. The summed E-state index contributed by atoms with van der Waals surface area (Å²) in [6.07, 6.45) is 2.98. The Balaban J connectivity index is 1.81. The second-order valence-corrected chi connectivity index (χ2v) is 8.94. The Morgan fingerprint density at radius 2 is 1.90 bits per heavy atom. The molecule has 2 aromatic rings. The van der Waals surface area contributed by atoms with Crippen LogP contribution in [0.25, 0.3) is 0 Å². The molecule has 160 valence electrons. The number of phenols is 1. The highest BCUT2D eigenvalue weighted by Crippen LogP contribution is 2.22. The van der Waals surface area contributed by atoms with Crippen LogP contribution in [0.4, 0.5) is 4.39 Å². The number of carbonyl (C=O) groups is 1. The van der Waals surface area contributed by atoms with Gasteiger partial charge in [0.05, 0.1) is 10.6 Å². The molecule has 2 N–H and O–H groups in total. The van der Waals surface area contributed by atoms with E-state index in [9.17, 15) is 22.7 Å². The van der Waals surface area contributed by atoms with Gasteiger partial charge in [0.25, 0.3) is 5.91 Å². The highest BCUT2D eigenvalue weighted by molar-refractivity contribution is 7.89. The number of sulfonamides is 1. The minimum atomic E-state index is -3.66. The Hall–Kier alpha value is -2.78. The number of nitrogens with one attached hydrogen (secondary N) is 1. The molecular formula is C21H24FN3O4S. The third-order valence-corrected chi connectivity index (χ3v) is 6.84. The number of carbonyl (C=O) groups excluding carboxylic acids is 1. The van der Waals surface area contributed by atoms with Crippen LogP contribution in [-0.4, -0.2) is 42.5 Å². The number of piperidine rings is 1. The van der Waals surface area contributed by atoms with Gasteiger partial charge in [0.15, 0.2) is 0 Å². The number of benzene rings is 2. The fourth-order valence-electron chi connectivity index (χ4n) is 3.30. The molecule has 1 saturated heterocycles. The summed E-state index contributed by atoms with van der Waals surface area (Å²) < 4.78 is 40.6. The predicted octanol–water partition coefficient (Wildman–Crippen LogP) is 3.25. The van der Waals surface area contributed by atoms with Crippen LogP contribution in [0.3, 0.4) is 0 Å². The van der Waals surface area contributed by atoms with E-state index in [1.54, 1.807) is 6.92 Å². The lowest BCUT2D eigenvalue weighted by Gasteiger charge is -2.25. The largest absolute Gasteiger partial charge is 0.507 e. The molecule has 1 amide bonds. The van der Waals surface area contributed by atoms with Crippen LogP contribution in [0, 0.1) is 5.82 Å². The lowest BCUT2D eigenvalue weighted by atomic mass is 10.1. The normalized spacial score (nSPS) is 15.7. The molecule has 9 heteroatoms. The molecule has 1 heterocycles. The average molecular weight is 434 g/mol. The molecule has 0 bridgehead atoms. The van der Waals surface area contributed by atoms with Crippen molar-refractivity contribution < 1.29 is 22.7 Å². The molecule has 1 aliphatic rings. The van der Waals surface area contributed by atoms with Gasteiger partial charge >= 0.3 is 0 Å². The molecule has 7 nitrogen and oxygen atoms in total. The van der Waals surface area contributed by atoms with Crippen LogP contribution in [0.5, 0.6) is 5.75 Å². The van der Waals surface area contributed by atoms with Gasteiger partial charge in [0, 0.05) is 24.2 Å². The molecule has 0 atom stereocenters. The maximum Gasteiger partial charge on any atom is 0.271 e. The number of phenolic OH excluding ortho intramolecular Hbond substituents is 1. The zero-order valence-electron chi connectivity index (χ0n) is 16.6. The van der Waals surface area contributed by atoms with Gasteiger partial charge in [-0.3, -0.25) is 4.79 Å². The molecule has 0 aliphatic carbocycles. The van der Waals surface area contributed by atoms with Crippen LogP contribution < -0.4 is 5.43 Å². The zero-order valence-corrected chi connectivity index (χ0v) is 17.5. The summed E-state index contributed by atoms with van der Waals surface area (Å²) >= 11 is 0. The van der Waals surface area contributed by atoms with Crippen LogP contribution in [0.2, 0.25) is 0 Å². The molecule has 0 radical (unpaired) electrons. The molecule has 0 spiro atoms. The van der Waals surface area contributed by atoms with Gasteiger partial charge in [-0.15, -0.1) is 0 Å². The topological polar surface area (TPSA) is 99.1 Å². The van der Waals surface area contributed by atoms with E-state index in [0.29, 0.717) is 19.5 Å². The van der Waals surface area contributed by atoms with Gasteiger partial charge in [-0.25, -0.2) is 18.2 Å². The molecule has 1 aliphatic heterocycles. The summed E-state index contributed by atoms with van der Waals surface area (Å²) in [6, 6.07) is 9.26. The summed E-state index contributed by atoms with van der Waals surface area (Å²) in [7, 11) is -3.66. The first-order valence-electron chi connectivity index (χ1n) is 9.79. The number of rotatable bonds is 6. The highest BCUT2D eigenvalue weighted by atomic mass is 32.2. The number of hydrogen-bond donors (Lipinski definition) is 2. The van der Waals surface area contributed by atoms with Gasteiger partial charge in [0.1, 0.15) is 11.6 Å². The predicted molar refractivity (Wildman–Crippen MR) is 111 cm³/mol. The number of hydrogen-bond acceptors (Lipinski definition) is 5. The first-order valence-corrected chi connectivity index (χ1v) is 11.2. The maximum absolute atomic E-state index is 13.5. The lowest BCUT2D eigenvalue weighted by molar-refractivity contribution is 0.0954. The van der Waals surface area contributed by atoms with Gasteiger partial charge in [-0.2, -0.15) is 9.41 Å². The first kappa shape index (κ1) is 21.9. The summed E-state index contributed by atoms with van der Waals surface area (Å²) in [4.78, 5) is 12.6. The van der Waals surface area contributed by atoms with Gasteiger partial charge < -0.3 is 5.11 Å². The van der Waals surface area contributed by atoms with E-state index in [1.165, 1.54) is 34.6 Å². The van der Waals surface area contributed by atoms with Crippen LogP contribution in [0.15, 0.2) is 52.5 Å². The summed E-state index contributed by atoms with van der Waals surface area (Å²) in [5.74, 6) is -1.29. The van der Waals surface area contributed by atoms with Crippen molar-refractivity contribution in [2.75, 3.05) is 13.1 Å². The molecule has 1 fully saturated rings. The summed E-state index contributed by atoms with van der Waals surface area (Å²) in [5, 5.41) is 13.9. The second kappa shape index (κ2) is 9.36. The minimum Gasteiger partial charge on any atom is -0.507 e. The highest BCUT2D eigenvalue weighted by Gasteiger charge is 2.26. The average Bonchev–Trinajstić information content (AvgIpc) is 2.77. The Morgan fingerprint density at radius 1 is 1.17 bits per heavy atom. The number of hydrazone groups is 1. The number of nitrogens with zero attached hydrogens (tertiary/aromatic N) is 2. The van der Waals surface area contributed by atoms with Crippen molar-refractivity contribution in [1.29, 1.82) is 0 Å². The van der Waals surface area contributed by atoms with Crippen molar-refractivity contribution in [3.8, 4) is 5.75 Å². The van der Waals surface area contributed by atoms with E-state index in [2.05, 4.69) is 10.5 Å². The van der Waals surface area contributed by atoms with E-state index in [0.717, 1.165) is 31.4 Å². The van der Waals surface area contributed by atoms with Crippen molar-refractivity contribution in [1.82, 2.24) is 9.73 Å². The van der Waals surface area contributed by atoms with E-state index in [-0.39, 0.29) is 27.5 Å². The first-order chi connectivity index (χ1) is 14.3. The van der Waals surface area contributed by atoms with Crippen LogP contribution in [-0.2, 0) is 10.0 Å². The third-order valence-electron chi connectivity index (χ3n) is 4.95. The van der Waals surface area contributed by atoms with Crippen LogP contribution >= 0.6 is 0 Å². The molecule has 2 aromatic carbocycles. The minimum absolute atomic E-state index is 0.0551. The number of aromatic hydroxyl groups is 1. The Labute approximate surface area is 175 Å². The SMILES string of the molecule is CCC(=NNC(=O)c1cccc(S(=O)(=O)N2CCCCC2)c1)c1cc(F)ccc1O. The monoisotopic (exact) mass is 433 g/mol. The Morgan fingerprint density at radius 3 is 2.60 bits per heavy atom. The molecule has 3 rings (SSSR count). The fraction of sp³-hybridized carbons (Fsp3) is 0.333. The summed E-state index contributed by atoms with van der Waals surface area (Å²) in [5.41, 5.74) is 2.96. The van der Waals surface area contributed by atoms with E-state index in [4.69, 9.17) is 0 Å². The van der Waals surface area contributed by atoms with Gasteiger partial charge in [-0.05, 0) is 55.7 Å². The summed E-state index contributed by atoms with van der Waals surface area (Å²) in [6.45, 7) is 2.70. The van der Waals surface area contributed by atoms with E-state index < -0.39 is 21.7 Å². The van der Waals surface area contributed by atoms with Gasteiger partial charge in [-0.1, -0.05) is 19.4 Å². The van der Waals surface area contributed by atoms with Crippen molar-refractivity contribution in [2.24, 2.45) is 5.10 Å². The molecular weight excluding hydrogens is 409 g/mol. The van der Waals surface area contributed by atoms with E-state index >= 15 is 0 Å². The van der Waals surface area contributed by atoms with Crippen molar-refractivity contribution in [2.45, 2.75) is 37.5 Å². The van der Waals surface area contributed by atoms with Crippen molar-refractivity contribution in [3.63, 3.8) is 0 Å². The Bertz CT molecular complexity index is 1060. The molecule has 0 unspecified atom stereocenters. The zero-order chi connectivity index (χ0) is 21.7. The van der Waals surface area contributed by atoms with Crippen LogP contribution in [0.1, 0.15) is 48.5 Å². The molecule has 0 aromatic heterocycles. The lowest BCUT2D eigenvalue weighted by Crippen LogP contribution is -2.35. The second-order valence-electron chi connectivity index (χ2n) is 7.01. The van der Waals surface area contributed by atoms with E-state index in [1.807, 2.05) is 0 Å². The maximum atomic E-state index is 13.5. The smallest absolute Gasteiger partial charge is 0.271 e. The third kappa shape index (κ3) is 4.85. The number of halogens is 1. The van der Waals surface area contributed by atoms with Crippen molar-refractivity contribution >= 4 is 21.6 Å². The fourth-order valence-corrected chi connectivity index (χ4v) is 4.87.